The van der Waals surface area contributed by atoms with Gasteiger partial charge in [0.1, 0.15) is 11.6 Å². The largest absolute Gasteiger partial charge is 0.367 e. The lowest BCUT2D eigenvalue weighted by Gasteiger charge is -2.35. The average Bonchev–Trinajstić information content (AvgIpc) is 2.58. The van der Waals surface area contributed by atoms with Gasteiger partial charge in [-0.2, -0.15) is 0 Å². The second kappa shape index (κ2) is 6.82. The third-order valence-electron chi connectivity index (χ3n) is 4.13. The maximum absolute atomic E-state index is 14.1. The number of hydrogen-bond acceptors (Lipinski definition) is 5. The number of aromatic nitrogens is 2. The van der Waals surface area contributed by atoms with Crippen molar-refractivity contribution in [2.75, 3.05) is 23.3 Å². The molecular weight excluding hydrogens is 309 g/mol. The Labute approximate surface area is 139 Å². The van der Waals surface area contributed by atoms with Crippen LogP contribution >= 0.6 is 0 Å². The second-order valence-corrected chi connectivity index (χ2v) is 6.05. The van der Waals surface area contributed by atoms with Gasteiger partial charge in [0.25, 0.3) is 5.91 Å². The molecule has 1 amide bonds. The number of primary amides is 1. The lowest BCUT2D eigenvalue weighted by atomic mass is 10.0. The molecule has 6 nitrogen and oxygen atoms in total. The highest BCUT2D eigenvalue weighted by Gasteiger charge is 2.22. The molecule has 0 bridgehead atoms. The van der Waals surface area contributed by atoms with Gasteiger partial charge < -0.3 is 16.0 Å². The van der Waals surface area contributed by atoms with Crippen LogP contribution in [0.15, 0.2) is 30.3 Å². The highest BCUT2D eigenvalue weighted by molar-refractivity contribution is 5.90. The number of carbonyl (C=O) groups excluding carboxylic acids is 1. The standard InChI is InChI=1S/C17H20FN5O/c1-11-4-5-13(18)15(9-11)23-8-2-3-12(10-23)20-16-7-6-14(17(19)24)21-22-16/h4-7,9,12H,2-3,8,10H2,1H3,(H2,19,24)(H,20,22). The molecule has 1 fully saturated rings. The molecule has 2 heterocycles. The molecule has 1 aliphatic rings. The normalized spacial score (nSPS) is 17.6. The summed E-state index contributed by atoms with van der Waals surface area (Å²) in [5.41, 5.74) is 6.96. The van der Waals surface area contributed by atoms with Crippen LogP contribution < -0.4 is 16.0 Å². The zero-order chi connectivity index (χ0) is 17.1. The molecule has 2 aromatic rings. The van der Waals surface area contributed by atoms with Crippen molar-refractivity contribution in [1.29, 1.82) is 0 Å². The van der Waals surface area contributed by atoms with E-state index in [0.29, 0.717) is 18.1 Å². The van der Waals surface area contributed by atoms with Crippen molar-refractivity contribution < 1.29 is 9.18 Å². The highest BCUT2D eigenvalue weighted by atomic mass is 19.1. The minimum atomic E-state index is -0.604. The SMILES string of the molecule is Cc1ccc(F)c(N2CCCC(Nc3ccc(C(N)=O)nn3)C2)c1. The molecule has 0 radical (unpaired) electrons. The molecule has 7 heteroatoms. The third kappa shape index (κ3) is 3.61. The van der Waals surface area contributed by atoms with Crippen LogP contribution in [0.2, 0.25) is 0 Å². The minimum absolute atomic E-state index is 0.132. The van der Waals surface area contributed by atoms with Gasteiger partial charge in [0.2, 0.25) is 0 Å². The zero-order valence-corrected chi connectivity index (χ0v) is 13.5. The van der Waals surface area contributed by atoms with Gasteiger partial charge in [0, 0.05) is 19.1 Å². The molecule has 1 atom stereocenters. The zero-order valence-electron chi connectivity index (χ0n) is 13.5. The van der Waals surface area contributed by atoms with E-state index in [1.165, 1.54) is 6.07 Å². The molecule has 1 aromatic carbocycles. The first-order chi connectivity index (χ1) is 11.5. The Morgan fingerprint density at radius 3 is 2.88 bits per heavy atom. The highest BCUT2D eigenvalue weighted by Crippen LogP contribution is 2.25. The van der Waals surface area contributed by atoms with Crippen LogP contribution in [0.25, 0.3) is 0 Å². The van der Waals surface area contributed by atoms with Crippen LogP contribution in [0, 0.1) is 12.7 Å². The Kier molecular flexibility index (Phi) is 4.59. The summed E-state index contributed by atoms with van der Waals surface area (Å²) in [6.07, 6.45) is 1.92. The smallest absolute Gasteiger partial charge is 0.269 e. The number of aryl methyl sites for hydroxylation is 1. The number of amides is 1. The molecule has 3 N–H and O–H groups in total. The van der Waals surface area contributed by atoms with Crippen LogP contribution in [-0.2, 0) is 0 Å². The van der Waals surface area contributed by atoms with Gasteiger partial charge in [0.15, 0.2) is 5.69 Å². The summed E-state index contributed by atoms with van der Waals surface area (Å²) in [5, 5.41) is 11.0. The molecule has 24 heavy (non-hydrogen) atoms. The molecule has 1 unspecified atom stereocenters. The van der Waals surface area contributed by atoms with Gasteiger partial charge in [-0.05, 0) is 49.6 Å². The Morgan fingerprint density at radius 2 is 2.17 bits per heavy atom. The van der Waals surface area contributed by atoms with E-state index in [0.717, 1.165) is 24.9 Å². The second-order valence-electron chi connectivity index (χ2n) is 6.05. The predicted octanol–water partition coefficient (Wildman–Crippen LogP) is 2.10. The Balaban J connectivity index is 1.69. The van der Waals surface area contributed by atoms with E-state index in [1.807, 2.05) is 13.0 Å². The number of benzene rings is 1. The van der Waals surface area contributed by atoms with Crippen LogP contribution in [0.5, 0.6) is 0 Å². The van der Waals surface area contributed by atoms with Gasteiger partial charge in [-0.1, -0.05) is 6.07 Å². The summed E-state index contributed by atoms with van der Waals surface area (Å²) in [5.74, 6) is -0.226. The van der Waals surface area contributed by atoms with Gasteiger partial charge in [0.05, 0.1) is 5.69 Å². The topological polar surface area (TPSA) is 84.1 Å². The summed E-state index contributed by atoms with van der Waals surface area (Å²) in [6, 6.07) is 8.51. The number of nitrogens with one attached hydrogen (secondary N) is 1. The van der Waals surface area contributed by atoms with E-state index >= 15 is 0 Å². The van der Waals surface area contributed by atoms with Crippen molar-refractivity contribution in [3.63, 3.8) is 0 Å². The van der Waals surface area contributed by atoms with E-state index in [1.54, 1.807) is 18.2 Å². The lowest BCUT2D eigenvalue weighted by molar-refractivity contribution is 0.0994. The fraction of sp³-hybridized carbons (Fsp3) is 0.353. The number of nitrogens with two attached hydrogens (primary N) is 1. The maximum Gasteiger partial charge on any atom is 0.269 e. The number of nitrogens with zero attached hydrogens (tertiary/aromatic N) is 3. The third-order valence-corrected chi connectivity index (χ3v) is 4.13. The van der Waals surface area contributed by atoms with Crippen molar-refractivity contribution in [2.24, 2.45) is 5.73 Å². The van der Waals surface area contributed by atoms with Crippen molar-refractivity contribution in [3.05, 3.63) is 47.4 Å². The fourth-order valence-corrected chi connectivity index (χ4v) is 2.93. The molecule has 1 aliphatic heterocycles. The fourth-order valence-electron chi connectivity index (χ4n) is 2.93. The molecule has 0 spiro atoms. The van der Waals surface area contributed by atoms with Crippen molar-refractivity contribution >= 4 is 17.4 Å². The van der Waals surface area contributed by atoms with E-state index < -0.39 is 5.91 Å². The van der Waals surface area contributed by atoms with Crippen LogP contribution in [0.1, 0.15) is 28.9 Å². The number of carbonyl (C=O) groups is 1. The first-order valence-electron chi connectivity index (χ1n) is 7.94. The van der Waals surface area contributed by atoms with E-state index in [9.17, 15) is 9.18 Å². The number of halogens is 1. The Bertz CT molecular complexity index is 734. The van der Waals surface area contributed by atoms with Crippen LogP contribution in [-0.4, -0.2) is 35.2 Å². The maximum atomic E-state index is 14.1. The van der Waals surface area contributed by atoms with Gasteiger partial charge >= 0.3 is 0 Å². The summed E-state index contributed by atoms with van der Waals surface area (Å²) < 4.78 is 14.1. The molecule has 126 valence electrons. The summed E-state index contributed by atoms with van der Waals surface area (Å²) >= 11 is 0. The summed E-state index contributed by atoms with van der Waals surface area (Å²) in [4.78, 5) is 13.1. The van der Waals surface area contributed by atoms with E-state index in [4.69, 9.17) is 5.73 Å². The first-order valence-corrected chi connectivity index (χ1v) is 7.94. The molecule has 1 aromatic heterocycles. The minimum Gasteiger partial charge on any atom is -0.367 e. The molecule has 0 saturated carbocycles. The molecule has 3 rings (SSSR count). The molecule has 1 saturated heterocycles. The lowest BCUT2D eigenvalue weighted by Crippen LogP contribution is -2.42. The predicted molar refractivity (Wildman–Crippen MR) is 90.5 cm³/mol. The number of rotatable bonds is 4. The van der Waals surface area contributed by atoms with Crippen LogP contribution in [0.4, 0.5) is 15.9 Å². The van der Waals surface area contributed by atoms with Crippen LogP contribution in [0.3, 0.4) is 0 Å². The summed E-state index contributed by atoms with van der Waals surface area (Å²) in [6.45, 7) is 3.46. The molecular formula is C17H20FN5O. The number of anilines is 2. The number of hydrogen-bond donors (Lipinski definition) is 2. The summed E-state index contributed by atoms with van der Waals surface area (Å²) in [7, 11) is 0. The van der Waals surface area contributed by atoms with Gasteiger partial charge in [-0.3, -0.25) is 4.79 Å². The van der Waals surface area contributed by atoms with Crippen molar-refractivity contribution in [1.82, 2.24) is 10.2 Å². The van der Waals surface area contributed by atoms with E-state index in [-0.39, 0.29) is 17.6 Å². The van der Waals surface area contributed by atoms with E-state index in [2.05, 4.69) is 20.4 Å². The quantitative estimate of drug-likeness (QED) is 0.897. The Hall–Kier alpha value is -2.70. The monoisotopic (exact) mass is 329 g/mol. The molecule has 0 aliphatic carbocycles. The van der Waals surface area contributed by atoms with Gasteiger partial charge in [-0.15, -0.1) is 10.2 Å². The van der Waals surface area contributed by atoms with Crippen molar-refractivity contribution in [2.45, 2.75) is 25.8 Å². The first kappa shape index (κ1) is 16.2. The Morgan fingerprint density at radius 1 is 1.33 bits per heavy atom. The van der Waals surface area contributed by atoms with Crippen molar-refractivity contribution in [3.8, 4) is 0 Å². The number of piperidine rings is 1. The average molecular weight is 329 g/mol. The van der Waals surface area contributed by atoms with Gasteiger partial charge in [-0.25, -0.2) is 4.39 Å².